The fourth-order valence-corrected chi connectivity index (χ4v) is 2.68. The van der Waals surface area contributed by atoms with E-state index in [9.17, 15) is 0 Å². The van der Waals surface area contributed by atoms with E-state index in [1.807, 2.05) is 12.3 Å². The SMILES string of the molecule is Cc1cccnc1CN1CCCCC1C(C)N.Cl. The third-order valence-corrected chi connectivity index (χ3v) is 3.74. The monoisotopic (exact) mass is 269 g/mol. The summed E-state index contributed by atoms with van der Waals surface area (Å²) in [7, 11) is 0. The molecule has 2 heterocycles. The molecule has 0 spiro atoms. The highest BCUT2D eigenvalue weighted by Gasteiger charge is 2.25. The number of halogens is 1. The number of nitrogens with zero attached hydrogens (tertiary/aromatic N) is 2. The second-order valence-electron chi connectivity index (χ2n) is 5.16. The van der Waals surface area contributed by atoms with E-state index in [4.69, 9.17) is 5.73 Å². The standard InChI is InChI=1S/C14H23N3.ClH/c1-11-6-5-8-16-13(11)10-17-9-4-3-7-14(17)12(2)15;/h5-6,8,12,14H,3-4,7,9-10,15H2,1-2H3;1H. The summed E-state index contributed by atoms with van der Waals surface area (Å²) in [5.41, 5.74) is 8.56. The van der Waals surface area contributed by atoms with E-state index in [0.29, 0.717) is 6.04 Å². The lowest BCUT2D eigenvalue weighted by molar-refractivity contribution is 0.121. The Balaban J connectivity index is 0.00000162. The van der Waals surface area contributed by atoms with Crippen LogP contribution in [0.5, 0.6) is 0 Å². The van der Waals surface area contributed by atoms with Gasteiger partial charge in [-0.25, -0.2) is 0 Å². The topological polar surface area (TPSA) is 42.2 Å². The van der Waals surface area contributed by atoms with Crippen LogP contribution in [0.25, 0.3) is 0 Å². The molecule has 1 aliphatic heterocycles. The maximum atomic E-state index is 6.09. The van der Waals surface area contributed by atoms with Crippen LogP contribution < -0.4 is 5.73 Å². The van der Waals surface area contributed by atoms with Crippen molar-refractivity contribution in [1.29, 1.82) is 0 Å². The van der Waals surface area contributed by atoms with Gasteiger partial charge in [-0.1, -0.05) is 12.5 Å². The van der Waals surface area contributed by atoms with Crippen LogP contribution in [0.4, 0.5) is 0 Å². The van der Waals surface area contributed by atoms with Gasteiger partial charge in [0, 0.05) is 24.8 Å². The van der Waals surface area contributed by atoms with Gasteiger partial charge in [0.25, 0.3) is 0 Å². The summed E-state index contributed by atoms with van der Waals surface area (Å²) in [5, 5.41) is 0. The molecule has 1 aliphatic rings. The van der Waals surface area contributed by atoms with Crippen molar-refractivity contribution in [3.8, 4) is 0 Å². The maximum Gasteiger partial charge on any atom is 0.0573 e. The smallest absolute Gasteiger partial charge is 0.0573 e. The minimum Gasteiger partial charge on any atom is -0.327 e. The van der Waals surface area contributed by atoms with E-state index in [0.717, 1.165) is 13.1 Å². The van der Waals surface area contributed by atoms with E-state index < -0.39 is 0 Å². The first kappa shape index (κ1) is 15.4. The van der Waals surface area contributed by atoms with Crippen molar-refractivity contribution in [3.63, 3.8) is 0 Å². The number of nitrogens with two attached hydrogens (primary N) is 1. The van der Waals surface area contributed by atoms with Crippen LogP contribution in [0.1, 0.15) is 37.4 Å². The molecule has 0 saturated carbocycles. The van der Waals surface area contributed by atoms with E-state index in [1.165, 1.54) is 30.5 Å². The van der Waals surface area contributed by atoms with Gasteiger partial charge in [0.05, 0.1) is 5.69 Å². The van der Waals surface area contributed by atoms with Gasteiger partial charge >= 0.3 is 0 Å². The highest BCUT2D eigenvalue weighted by atomic mass is 35.5. The van der Waals surface area contributed by atoms with E-state index in [2.05, 4.69) is 29.8 Å². The Morgan fingerprint density at radius 2 is 2.28 bits per heavy atom. The molecule has 18 heavy (non-hydrogen) atoms. The van der Waals surface area contributed by atoms with Gasteiger partial charge in [-0.15, -0.1) is 12.4 Å². The van der Waals surface area contributed by atoms with Gasteiger partial charge in [0.15, 0.2) is 0 Å². The third-order valence-electron chi connectivity index (χ3n) is 3.74. The molecule has 102 valence electrons. The lowest BCUT2D eigenvalue weighted by Crippen LogP contribution is -2.48. The van der Waals surface area contributed by atoms with E-state index in [1.54, 1.807) is 0 Å². The summed E-state index contributed by atoms with van der Waals surface area (Å²) < 4.78 is 0. The Kier molecular flexibility index (Phi) is 6.06. The zero-order valence-electron chi connectivity index (χ0n) is 11.3. The van der Waals surface area contributed by atoms with Gasteiger partial charge in [0.1, 0.15) is 0 Å². The Bertz CT molecular complexity index is 368. The molecular weight excluding hydrogens is 246 g/mol. The zero-order chi connectivity index (χ0) is 12.3. The number of pyridine rings is 1. The van der Waals surface area contributed by atoms with Gasteiger partial charge < -0.3 is 5.73 Å². The van der Waals surface area contributed by atoms with Crippen LogP contribution in [-0.4, -0.2) is 28.5 Å². The van der Waals surface area contributed by atoms with Gasteiger partial charge in [-0.3, -0.25) is 9.88 Å². The quantitative estimate of drug-likeness (QED) is 0.917. The molecular formula is C14H24ClN3. The number of likely N-dealkylation sites (tertiary alicyclic amines) is 1. The van der Waals surface area contributed by atoms with Crippen molar-refractivity contribution in [1.82, 2.24) is 9.88 Å². The molecule has 1 saturated heterocycles. The summed E-state index contributed by atoms with van der Waals surface area (Å²) in [6, 6.07) is 4.90. The Hall–Kier alpha value is -0.640. The summed E-state index contributed by atoms with van der Waals surface area (Å²) in [4.78, 5) is 6.99. The summed E-state index contributed by atoms with van der Waals surface area (Å²) in [6.07, 6.45) is 5.70. The first-order valence-corrected chi connectivity index (χ1v) is 6.58. The molecule has 2 atom stereocenters. The van der Waals surface area contributed by atoms with Crippen LogP contribution >= 0.6 is 12.4 Å². The second kappa shape index (κ2) is 7.07. The van der Waals surface area contributed by atoms with Crippen molar-refractivity contribution < 1.29 is 0 Å². The molecule has 1 fully saturated rings. The average molecular weight is 270 g/mol. The third kappa shape index (κ3) is 3.67. The number of hydrogen-bond acceptors (Lipinski definition) is 3. The molecule has 1 aromatic rings. The first-order valence-electron chi connectivity index (χ1n) is 6.58. The molecule has 2 rings (SSSR count). The van der Waals surface area contributed by atoms with Crippen LogP contribution in [0.2, 0.25) is 0 Å². The van der Waals surface area contributed by atoms with Gasteiger partial charge in [-0.05, 0) is 44.9 Å². The minimum atomic E-state index is 0. The van der Waals surface area contributed by atoms with E-state index in [-0.39, 0.29) is 18.4 Å². The molecule has 3 nitrogen and oxygen atoms in total. The van der Waals surface area contributed by atoms with Crippen molar-refractivity contribution in [3.05, 3.63) is 29.6 Å². The highest BCUT2D eigenvalue weighted by Crippen LogP contribution is 2.21. The Morgan fingerprint density at radius 3 is 2.94 bits per heavy atom. The minimum absolute atomic E-state index is 0. The number of hydrogen-bond donors (Lipinski definition) is 1. The van der Waals surface area contributed by atoms with Gasteiger partial charge in [-0.2, -0.15) is 0 Å². The fourth-order valence-electron chi connectivity index (χ4n) is 2.68. The summed E-state index contributed by atoms with van der Waals surface area (Å²) in [6.45, 7) is 6.35. The van der Waals surface area contributed by atoms with Gasteiger partial charge in [0.2, 0.25) is 0 Å². The fraction of sp³-hybridized carbons (Fsp3) is 0.643. The Morgan fingerprint density at radius 1 is 1.50 bits per heavy atom. The lowest BCUT2D eigenvalue weighted by Gasteiger charge is -2.38. The molecule has 0 aromatic carbocycles. The number of piperidine rings is 1. The normalized spacial score (nSPS) is 22.3. The molecule has 4 heteroatoms. The summed E-state index contributed by atoms with van der Waals surface area (Å²) in [5.74, 6) is 0. The Labute approximate surface area is 116 Å². The second-order valence-corrected chi connectivity index (χ2v) is 5.16. The largest absolute Gasteiger partial charge is 0.327 e. The molecule has 2 N–H and O–H groups in total. The summed E-state index contributed by atoms with van der Waals surface area (Å²) >= 11 is 0. The van der Waals surface area contributed by atoms with Crippen molar-refractivity contribution in [2.45, 2.75) is 51.7 Å². The molecule has 0 aliphatic carbocycles. The average Bonchev–Trinajstić information content (AvgIpc) is 2.32. The van der Waals surface area contributed by atoms with Crippen LogP contribution in [-0.2, 0) is 6.54 Å². The number of aryl methyl sites for hydroxylation is 1. The molecule has 0 radical (unpaired) electrons. The number of rotatable bonds is 3. The van der Waals surface area contributed by atoms with Crippen LogP contribution in [0.15, 0.2) is 18.3 Å². The van der Waals surface area contributed by atoms with Crippen molar-refractivity contribution in [2.24, 2.45) is 5.73 Å². The number of aromatic nitrogens is 1. The zero-order valence-corrected chi connectivity index (χ0v) is 12.1. The predicted molar refractivity (Wildman–Crippen MR) is 77.9 cm³/mol. The molecule has 0 bridgehead atoms. The lowest BCUT2D eigenvalue weighted by atomic mass is 9.96. The van der Waals surface area contributed by atoms with E-state index >= 15 is 0 Å². The predicted octanol–water partition coefficient (Wildman–Crippen LogP) is 2.51. The van der Waals surface area contributed by atoms with Crippen molar-refractivity contribution >= 4 is 12.4 Å². The van der Waals surface area contributed by atoms with Crippen molar-refractivity contribution in [2.75, 3.05) is 6.54 Å². The molecule has 0 amide bonds. The molecule has 1 aromatic heterocycles. The highest BCUT2D eigenvalue weighted by molar-refractivity contribution is 5.85. The van der Waals surface area contributed by atoms with Crippen LogP contribution in [0.3, 0.4) is 0 Å². The maximum absolute atomic E-state index is 6.09. The van der Waals surface area contributed by atoms with Crippen LogP contribution in [0, 0.1) is 6.92 Å². The first-order chi connectivity index (χ1) is 8.18. The molecule has 2 unspecified atom stereocenters.